The highest BCUT2D eigenvalue weighted by molar-refractivity contribution is 8.00. The molecule has 0 amide bonds. The number of nitrogens with one attached hydrogen (secondary N) is 1. The Morgan fingerprint density at radius 2 is 1.56 bits per heavy atom. The molecule has 2 aromatic rings. The molecule has 0 bridgehead atoms. The van der Waals surface area contributed by atoms with Crippen LogP contribution in [0.25, 0.3) is 0 Å². The van der Waals surface area contributed by atoms with E-state index in [0.29, 0.717) is 0 Å². The highest BCUT2D eigenvalue weighted by atomic mass is 32.2. The Morgan fingerprint density at radius 1 is 0.875 bits per heavy atom. The smallest absolute Gasteiger partial charge is 0.0472 e. The van der Waals surface area contributed by atoms with Gasteiger partial charge in [-0.05, 0) is 49.6 Å². The van der Waals surface area contributed by atoms with E-state index in [4.69, 9.17) is 0 Å². The average molecular weight is 229 g/mol. The third-order valence-corrected chi connectivity index (χ3v) is 3.27. The molecule has 0 saturated carbocycles. The maximum Gasteiger partial charge on any atom is 0.0472 e. The number of para-hydroxylation sites is 1. The normalized spacial score (nSPS) is 10.1. The van der Waals surface area contributed by atoms with Gasteiger partial charge in [0.05, 0.1) is 0 Å². The lowest BCUT2D eigenvalue weighted by atomic mass is 10.2. The van der Waals surface area contributed by atoms with Crippen LogP contribution in [0.4, 0.5) is 5.69 Å². The van der Waals surface area contributed by atoms with Gasteiger partial charge in [0.1, 0.15) is 0 Å². The minimum absolute atomic E-state index is 1.17. The minimum atomic E-state index is 1.17. The third kappa shape index (κ3) is 2.80. The molecular weight excluding hydrogens is 214 g/mol. The number of aryl methyl sites for hydroxylation is 2. The first-order chi connectivity index (χ1) is 7.75. The first-order valence-electron chi connectivity index (χ1n) is 5.31. The quantitative estimate of drug-likeness (QED) is 0.782. The molecule has 0 saturated heterocycles. The Labute approximate surface area is 101 Å². The van der Waals surface area contributed by atoms with Crippen molar-refractivity contribution in [3.05, 3.63) is 59.7 Å². The van der Waals surface area contributed by atoms with Crippen LogP contribution in [-0.4, -0.2) is 0 Å². The second-order valence-corrected chi connectivity index (χ2v) is 4.71. The summed E-state index contributed by atoms with van der Waals surface area (Å²) in [5.74, 6) is 0. The number of rotatable bonds is 3. The molecule has 1 nitrogen and oxygen atoms in total. The van der Waals surface area contributed by atoms with E-state index < -0.39 is 0 Å². The Morgan fingerprint density at radius 3 is 2.25 bits per heavy atom. The molecule has 0 unspecified atom stereocenters. The Balaban J connectivity index is 2.02. The topological polar surface area (TPSA) is 12.0 Å². The SMILES string of the molecule is Cc1ccc(SNc2ccccc2C)cc1. The van der Waals surface area contributed by atoms with Gasteiger partial charge in [-0.25, -0.2) is 0 Å². The van der Waals surface area contributed by atoms with E-state index in [9.17, 15) is 0 Å². The second kappa shape index (κ2) is 5.08. The number of benzene rings is 2. The number of hydrogen-bond donors (Lipinski definition) is 1. The summed E-state index contributed by atoms with van der Waals surface area (Å²) in [4.78, 5) is 1.23. The van der Waals surface area contributed by atoms with Gasteiger partial charge in [-0.3, -0.25) is 0 Å². The van der Waals surface area contributed by atoms with Crippen molar-refractivity contribution in [2.45, 2.75) is 18.7 Å². The fourth-order valence-corrected chi connectivity index (χ4v) is 2.14. The van der Waals surface area contributed by atoms with E-state index in [1.165, 1.54) is 21.7 Å². The monoisotopic (exact) mass is 229 g/mol. The van der Waals surface area contributed by atoms with E-state index in [-0.39, 0.29) is 0 Å². The van der Waals surface area contributed by atoms with Crippen LogP contribution in [0.5, 0.6) is 0 Å². The fraction of sp³-hybridized carbons (Fsp3) is 0.143. The minimum Gasteiger partial charge on any atom is -0.325 e. The van der Waals surface area contributed by atoms with Crippen molar-refractivity contribution in [1.29, 1.82) is 0 Å². The molecular formula is C14H15NS. The predicted octanol–water partition coefficient (Wildman–Crippen LogP) is 4.42. The van der Waals surface area contributed by atoms with Crippen molar-refractivity contribution in [3.63, 3.8) is 0 Å². The Bertz CT molecular complexity index is 462. The molecule has 2 heteroatoms. The zero-order chi connectivity index (χ0) is 11.4. The van der Waals surface area contributed by atoms with Crippen LogP contribution in [-0.2, 0) is 0 Å². The summed E-state index contributed by atoms with van der Waals surface area (Å²) in [6.45, 7) is 4.21. The first kappa shape index (κ1) is 11.1. The Hall–Kier alpha value is -1.41. The first-order valence-corrected chi connectivity index (χ1v) is 6.12. The van der Waals surface area contributed by atoms with Crippen LogP contribution >= 0.6 is 11.9 Å². The molecule has 0 aliphatic rings. The molecule has 1 N–H and O–H groups in total. The molecule has 0 fully saturated rings. The van der Waals surface area contributed by atoms with Crippen LogP contribution < -0.4 is 4.72 Å². The maximum absolute atomic E-state index is 3.37. The van der Waals surface area contributed by atoms with Crippen molar-refractivity contribution in [2.75, 3.05) is 4.72 Å². The van der Waals surface area contributed by atoms with Crippen molar-refractivity contribution >= 4 is 17.6 Å². The number of anilines is 1. The molecule has 0 aliphatic carbocycles. The summed E-state index contributed by atoms with van der Waals surface area (Å²) in [6.07, 6.45) is 0. The van der Waals surface area contributed by atoms with Crippen molar-refractivity contribution < 1.29 is 0 Å². The fourth-order valence-electron chi connectivity index (χ4n) is 1.41. The van der Waals surface area contributed by atoms with Crippen molar-refractivity contribution in [1.82, 2.24) is 0 Å². The van der Waals surface area contributed by atoms with Gasteiger partial charge in [0.25, 0.3) is 0 Å². The summed E-state index contributed by atoms with van der Waals surface area (Å²) in [5.41, 5.74) is 3.73. The molecule has 16 heavy (non-hydrogen) atoms. The van der Waals surface area contributed by atoms with Crippen molar-refractivity contribution in [2.24, 2.45) is 0 Å². The van der Waals surface area contributed by atoms with Crippen LogP contribution in [0.2, 0.25) is 0 Å². The number of hydrogen-bond acceptors (Lipinski definition) is 2. The zero-order valence-corrected chi connectivity index (χ0v) is 10.3. The second-order valence-electron chi connectivity index (χ2n) is 3.83. The lowest BCUT2D eigenvalue weighted by molar-refractivity contribution is 1.38. The molecule has 2 rings (SSSR count). The van der Waals surface area contributed by atoms with Gasteiger partial charge in [-0.1, -0.05) is 35.9 Å². The van der Waals surface area contributed by atoms with E-state index in [0.717, 1.165) is 0 Å². The van der Waals surface area contributed by atoms with Gasteiger partial charge < -0.3 is 4.72 Å². The van der Waals surface area contributed by atoms with Gasteiger partial charge >= 0.3 is 0 Å². The van der Waals surface area contributed by atoms with Crippen LogP contribution in [0.15, 0.2) is 53.4 Å². The van der Waals surface area contributed by atoms with Crippen LogP contribution in [0.3, 0.4) is 0 Å². The summed E-state index contributed by atoms with van der Waals surface area (Å²) in [7, 11) is 0. The standard InChI is InChI=1S/C14H15NS/c1-11-7-9-13(10-8-11)16-15-14-6-4-3-5-12(14)2/h3-10,15H,1-2H3. The Kier molecular flexibility index (Phi) is 3.52. The maximum atomic E-state index is 3.37. The summed E-state index contributed by atoms with van der Waals surface area (Å²) in [5, 5.41) is 0. The largest absolute Gasteiger partial charge is 0.325 e. The molecule has 0 heterocycles. The van der Waals surface area contributed by atoms with E-state index in [2.05, 4.69) is 61.0 Å². The molecule has 0 aromatic heterocycles. The molecule has 0 atom stereocenters. The molecule has 2 aromatic carbocycles. The van der Waals surface area contributed by atoms with Crippen LogP contribution in [0, 0.1) is 13.8 Å². The van der Waals surface area contributed by atoms with Gasteiger partial charge in [0.2, 0.25) is 0 Å². The molecule has 0 radical (unpaired) electrons. The molecule has 0 spiro atoms. The van der Waals surface area contributed by atoms with E-state index in [1.54, 1.807) is 11.9 Å². The van der Waals surface area contributed by atoms with Gasteiger partial charge in [0, 0.05) is 10.6 Å². The average Bonchev–Trinajstić information content (AvgIpc) is 2.30. The lowest BCUT2D eigenvalue weighted by Crippen LogP contribution is -1.89. The highest BCUT2D eigenvalue weighted by Gasteiger charge is 1.97. The van der Waals surface area contributed by atoms with E-state index >= 15 is 0 Å². The summed E-state index contributed by atoms with van der Waals surface area (Å²) < 4.78 is 3.37. The molecule has 0 aliphatic heterocycles. The highest BCUT2D eigenvalue weighted by Crippen LogP contribution is 2.23. The van der Waals surface area contributed by atoms with Crippen LogP contribution in [0.1, 0.15) is 11.1 Å². The summed E-state index contributed by atoms with van der Waals surface area (Å²) >= 11 is 1.65. The molecule has 82 valence electrons. The zero-order valence-electron chi connectivity index (χ0n) is 9.53. The summed E-state index contributed by atoms with van der Waals surface area (Å²) in [6, 6.07) is 16.8. The van der Waals surface area contributed by atoms with Gasteiger partial charge in [-0.15, -0.1) is 0 Å². The third-order valence-electron chi connectivity index (χ3n) is 2.44. The van der Waals surface area contributed by atoms with Gasteiger partial charge in [0.15, 0.2) is 0 Å². The van der Waals surface area contributed by atoms with E-state index in [1.807, 2.05) is 6.07 Å². The predicted molar refractivity (Wildman–Crippen MR) is 71.8 cm³/mol. The van der Waals surface area contributed by atoms with Gasteiger partial charge in [-0.2, -0.15) is 0 Å². The van der Waals surface area contributed by atoms with Crippen molar-refractivity contribution in [3.8, 4) is 0 Å². The lowest BCUT2D eigenvalue weighted by Gasteiger charge is -2.08.